The number of hydrogen-bond acceptors (Lipinski definition) is 5. The van der Waals surface area contributed by atoms with Gasteiger partial charge in [0.05, 0.1) is 0 Å². The van der Waals surface area contributed by atoms with E-state index in [0.717, 1.165) is 32.1 Å². The first-order valence-electron chi connectivity index (χ1n) is 13.6. The Balaban J connectivity index is 3.28. The van der Waals surface area contributed by atoms with Crippen LogP contribution < -0.4 is 0 Å². The Kier molecular flexibility index (Phi) is 23.8. The van der Waals surface area contributed by atoms with Crippen LogP contribution in [0.25, 0.3) is 0 Å². The van der Waals surface area contributed by atoms with E-state index >= 15 is 0 Å². The number of ether oxygens (including phenoxy) is 2. The minimum absolute atomic E-state index is 0.166. The van der Waals surface area contributed by atoms with Gasteiger partial charge in [-0.1, -0.05) is 110 Å². The molecular formula is C27H50O6. The molecule has 0 radical (unpaired) electrons. The van der Waals surface area contributed by atoms with Crippen molar-refractivity contribution in [2.45, 2.75) is 148 Å². The Morgan fingerprint density at radius 3 is 1.12 bits per heavy atom. The van der Waals surface area contributed by atoms with Gasteiger partial charge in [-0.05, 0) is 19.3 Å². The van der Waals surface area contributed by atoms with Gasteiger partial charge in [-0.3, -0.25) is 14.4 Å². The number of aliphatic carboxylic acids is 1. The zero-order chi connectivity index (χ0) is 24.4. The number of hydrogen-bond donors (Lipinski definition) is 1. The predicted molar refractivity (Wildman–Crippen MR) is 132 cm³/mol. The van der Waals surface area contributed by atoms with Crippen molar-refractivity contribution in [3.8, 4) is 0 Å². The van der Waals surface area contributed by atoms with E-state index in [4.69, 9.17) is 14.6 Å². The van der Waals surface area contributed by atoms with Crippen LogP contribution in [-0.4, -0.2) is 29.8 Å². The SMILES string of the molecule is CCCCCCCCCCCCCCCCCC(=O)OCOC(=O)CCCCCCC(=O)O. The molecule has 0 unspecified atom stereocenters. The summed E-state index contributed by atoms with van der Waals surface area (Å²) in [6.07, 6.45) is 23.0. The third-order valence-corrected chi connectivity index (χ3v) is 5.95. The van der Waals surface area contributed by atoms with Crippen molar-refractivity contribution in [2.24, 2.45) is 0 Å². The first-order chi connectivity index (χ1) is 16.1. The Morgan fingerprint density at radius 1 is 0.485 bits per heavy atom. The summed E-state index contributed by atoms with van der Waals surface area (Å²) in [5, 5.41) is 8.55. The Morgan fingerprint density at radius 2 is 0.788 bits per heavy atom. The van der Waals surface area contributed by atoms with Crippen LogP contribution in [0.4, 0.5) is 0 Å². The highest BCUT2D eigenvalue weighted by molar-refractivity contribution is 5.71. The largest absolute Gasteiger partial charge is 0.481 e. The Bertz CT molecular complexity index is 477. The van der Waals surface area contributed by atoms with Gasteiger partial charge < -0.3 is 14.6 Å². The third kappa shape index (κ3) is 26.5. The van der Waals surface area contributed by atoms with Gasteiger partial charge in [0.15, 0.2) is 0 Å². The number of unbranched alkanes of at least 4 members (excludes halogenated alkanes) is 17. The normalized spacial score (nSPS) is 10.8. The second-order valence-corrected chi connectivity index (χ2v) is 9.16. The zero-order valence-corrected chi connectivity index (χ0v) is 21.3. The van der Waals surface area contributed by atoms with Gasteiger partial charge in [0, 0.05) is 19.3 Å². The molecule has 0 aliphatic heterocycles. The standard InChI is InChI=1S/C27H50O6/c1-2-3-4-5-6-7-8-9-10-11-12-13-14-15-19-22-26(30)32-24-33-27(31)23-20-17-16-18-21-25(28)29/h2-24H2,1H3,(H,28,29). The summed E-state index contributed by atoms with van der Waals surface area (Å²) < 4.78 is 9.87. The average Bonchev–Trinajstić information content (AvgIpc) is 2.78. The highest BCUT2D eigenvalue weighted by Crippen LogP contribution is 2.14. The molecule has 0 aromatic heterocycles. The van der Waals surface area contributed by atoms with E-state index in [1.54, 1.807) is 0 Å². The van der Waals surface area contributed by atoms with Crippen LogP contribution in [0.1, 0.15) is 148 Å². The molecule has 0 amide bonds. The van der Waals surface area contributed by atoms with E-state index in [0.29, 0.717) is 19.3 Å². The Labute approximate surface area is 202 Å². The van der Waals surface area contributed by atoms with Gasteiger partial charge in [0.1, 0.15) is 0 Å². The fourth-order valence-corrected chi connectivity index (χ4v) is 3.85. The summed E-state index contributed by atoms with van der Waals surface area (Å²) in [6.45, 7) is 1.95. The minimum Gasteiger partial charge on any atom is -0.481 e. The third-order valence-electron chi connectivity index (χ3n) is 5.95. The van der Waals surface area contributed by atoms with Crippen LogP contribution in [0, 0.1) is 0 Å². The monoisotopic (exact) mass is 470 g/mol. The molecule has 33 heavy (non-hydrogen) atoms. The maximum Gasteiger partial charge on any atom is 0.308 e. The molecule has 0 fully saturated rings. The molecule has 6 nitrogen and oxygen atoms in total. The molecule has 0 rings (SSSR count). The summed E-state index contributed by atoms with van der Waals surface area (Å²) in [5.41, 5.74) is 0. The zero-order valence-electron chi connectivity index (χ0n) is 21.3. The number of esters is 2. The van der Waals surface area contributed by atoms with Gasteiger partial charge in [-0.15, -0.1) is 0 Å². The van der Waals surface area contributed by atoms with Crippen LogP contribution in [0.3, 0.4) is 0 Å². The number of carboxylic acids is 1. The molecule has 194 valence electrons. The quantitative estimate of drug-likeness (QED) is 0.0834. The van der Waals surface area contributed by atoms with Crippen LogP contribution in [0.2, 0.25) is 0 Å². The second kappa shape index (κ2) is 25.0. The molecule has 0 aliphatic rings. The molecule has 1 N–H and O–H groups in total. The lowest BCUT2D eigenvalue weighted by atomic mass is 10.0. The molecular weight excluding hydrogens is 420 g/mol. The summed E-state index contributed by atoms with van der Waals surface area (Å²) >= 11 is 0. The van der Waals surface area contributed by atoms with Crippen molar-refractivity contribution in [1.82, 2.24) is 0 Å². The molecule has 0 spiro atoms. The van der Waals surface area contributed by atoms with E-state index in [-0.39, 0.29) is 31.6 Å². The minimum atomic E-state index is -0.791. The van der Waals surface area contributed by atoms with Crippen molar-refractivity contribution >= 4 is 17.9 Å². The average molecular weight is 471 g/mol. The molecule has 0 saturated carbocycles. The van der Waals surface area contributed by atoms with E-state index in [2.05, 4.69) is 6.92 Å². The molecule has 0 aromatic carbocycles. The van der Waals surface area contributed by atoms with Crippen molar-refractivity contribution in [2.75, 3.05) is 6.79 Å². The molecule has 6 heteroatoms. The number of carbonyl (C=O) groups excluding carboxylic acids is 2. The summed E-state index contributed by atoms with van der Waals surface area (Å²) in [7, 11) is 0. The van der Waals surface area contributed by atoms with Crippen LogP contribution in [0.15, 0.2) is 0 Å². The molecule has 0 atom stereocenters. The molecule has 0 bridgehead atoms. The smallest absolute Gasteiger partial charge is 0.308 e. The van der Waals surface area contributed by atoms with Crippen LogP contribution in [-0.2, 0) is 23.9 Å². The van der Waals surface area contributed by atoms with Gasteiger partial charge in [0.25, 0.3) is 0 Å². The van der Waals surface area contributed by atoms with Gasteiger partial charge in [-0.2, -0.15) is 0 Å². The lowest BCUT2D eigenvalue weighted by molar-refractivity contribution is -0.167. The maximum atomic E-state index is 11.7. The van der Waals surface area contributed by atoms with Crippen molar-refractivity contribution < 1.29 is 29.0 Å². The molecule has 0 aromatic rings. The lowest BCUT2D eigenvalue weighted by Crippen LogP contribution is -2.12. The summed E-state index contributed by atoms with van der Waals surface area (Å²) in [4.78, 5) is 33.6. The highest BCUT2D eigenvalue weighted by atomic mass is 16.7. The van der Waals surface area contributed by atoms with Gasteiger partial charge in [0.2, 0.25) is 6.79 Å². The van der Waals surface area contributed by atoms with Gasteiger partial charge in [-0.25, -0.2) is 0 Å². The number of carboxylic acid groups (broad SMARTS) is 1. The first-order valence-corrected chi connectivity index (χ1v) is 13.6. The molecule has 0 saturated heterocycles. The van der Waals surface area contributed by atoms with Crippen LogP contribution in [0.5, 0.6) is 0 Å². The fraction of sp³-hybridized carbons (Fsp3) is 0.889. The fourth-order valence-electron chi connectivity index (χ4n) is 3.85. The van der Waals surface area contributed by atoms with Crippen LogP contribution >= 0.6 is 0 Å². The van der Waals surface area contributed by atoms with Crippen molar-refractivity contribution in [1.29, 1.82) is 0 Å². The van der Waals surface area contributed by atoms with Gasteiger partial charge >= 0.3 is 17.9 Å². The Hall–Kier alpha value is -1.59. The maximum absolute atomic E-state index is 11.7. The predicted octanol–water partition coefficient (Wildman–Crippen LogP) is 7.72. The lowest BCUT2D eigenvalue weighted by Gasteiger charge is -2.06. The highest BCUT2D eigenvalue weighted by Gasteiger charge is 2.06. The van der Waals surface area contributed by atoms with E-state index in [1.807, 2.05) is 0 Å². The van der Waals surface area contributed by atoms with E-state index in [9.17, 15) is 14.4 Å². The molecule has 0 heterocycles. The van der Waals surface area contributed by atoms with E-state index < -0.39 is 5.97 Å². The topological polar surface area (TPSA) is 89.9 Å². The van der Waals surface area contributed by atoms with Crippen molar-refractivity contribution in [3.05, 3.63) is 0 Å². The first kappa shape index (κ1) is 31.4. The van der Waals surface area contributed by atoms with E-state index in [1.165, 1.54) is 77.0 Å². The summed E-state index contributed by atoms with van der Waals surface area (Å²) in [5.74, 6) is -1.49. The molecule has 0 aliphatic carbocycles. The summed E-state index contributed by atoms with van der Waals surface area (Å²) in [6, 6.07) is 0. The number of carbonyl (C=O) groups is 3. The second-order valence-electron chi connectivity index (χ2n) is 9.16. The van der Waals surface area contributed by atoms with Crippen molar-refractivity contribution in [3.63, 3.8) is 0 Å². The number of rotatable bonds is 25.